The summed E-state index contributed by atoms with van der Waals surface area (Å²) in [6.45, 7) is 0. The van der Waals surface area contributed by atoms with Gasteiger partial charge in [0.25, 0.3) is 11.8 Å². The normalized spacial score (nSPS) is 14.1. The van der Waals surface area contributed by atoms with E-state index in [1.807, 2.05) is 0 Å². The average Bonchev–Trinajstić information content (AvgIpc) is 2.74. The first kappa shape index (κ1) is 12.2. The van der Waals surface area contributed by atoms with Crippen molar-refractivity contribution in [3.05, 3.63) is 72.0 Å². The summed E-state index contributed by atoms with van der Waals surface area (Å²) < 4.78 is 0. The summed E-state index contributed by atoms with van der Waals surface area (Å²) in [6, 6.07) is 6.82. The number of rotatable bonds is 3. The largest absolute Gasteiger partial charge is 0.268 e. The lowest BCUT2D eigenvalue weighted by Gasteiger charge is -2.06. The van der Waals surface area contributed by atoms with Crippen LogP contribution in [0.25, 0.3) is 0 Å². The van der Waals surface area contributed by atoms with Gasteiger partial charge in [0, 0.05) is 18.6 Å². The molecule has 0 bridgehead atoms. The highest BCUT2D eigenvalue weighted by Crippen LogP contribution is 2.22. The Morgan fingerprint density at radius 3 is 2.20 bits per heavy atom. The maximum Gasteiger partial charge on any atom is 0.265 e. The summed E-state index contributed by atoms with van der Waals surface area (Å²) in [5.41, 5.74) is 1.82. The van der Waals surface area contributed by atoms with Gasteiger partial charge in [0.2, 0.25) is 0 Å². The second-order valence-electron chi connectivity index (χ2n) is 4.36. The van der Waals surface area contributed by atoms with E-state index in [9.17, 15) is 9.59 Å². The second kappa shape index (κ2) is 5.05. The molecule has 5 heteroatoms. The van der Waals surface area contributed by atoms with Crippen molar-refractivity contribution in [1.82, 2.24) is 14.9 Å². The fraction of sp³-hybridized carbons (Fsp3) is 0.0667. The molecule has 0 radical (unpaired) electrons. The number of nitrogens with zero attached hydrogens (tertiary/aromatic N) is 3. The Bertz CT molecular complexity index is 660. The first-order valence-corrected chi connectivity index (χ1v) is 6.15. The maximum absolute atomic E-state index is 12.1. The molecule has 0 N–H and O–H groups in total. The minimum Gasteiger partial charge on any atom is -0.268 e. The van der Waals surface area contributed by atoms with Gasteiger partial charge in [-0.05, 0) is 24.1 Å². The van der Waals surface area contributed by atoms with E-state index in [-0.39, 0.29) is 11.8 Å². The Hall–Kier alpha value is -2.82. The number of fused-ring (bicyclic) bond motifs is 1. The topological polar surface area (TPSA) is 63.2 Å². The molecule has 1 aliphatic heterocycles. The first-order chi connectivity index (χ1) is 9.77. The van der Waals surface area contributed by atoms with Crippen LogP contribution in [-0.2, 0) is 6.42 Å². The summed E-state index contributed by atoms with van der Waals surface area (Å²) in [5.74, 6) is -0.572. The predicted octanol–water partition coefficient (Wildman–Crippen LogP) is 1.83. The van der Waals surface area contributed by atoms with Crippen molar-refractivity contribution in [3.63, 3.8) is 0 Å². The highest BCUT2D eigenvalue weighted by molar-refractivity contribution is 6.22. The monoisotopic (exact) mass is 265 g/mol. The Balaban J connectivity index is 1.77. The average molecular weight is 265 g/mol. The highest BCUT2D eigenvalue weighted by Gasteiger charge is 2.33. The van der Waals surface area contributed by atoms with Gasteiger partial charge in [-0.25, -0.2) is 14.9 Å². The minimum atomic E-state index is -0.286. The van der Waals surface area contributed by atoms with E-state index in [0.29, 0.717) is 17.5 Å². The van der Waals surface area contributed by atoms with Crippen LogP contribution in [-0.4, -0.2) is 26.7 Å². The van der Waals surface area contributed by atoms with Crippen LogP contribution in [0.5, 0.6) is 0 Å². The fourth-order valence-electron chi connectivity index (χ4n) is 2.07. The summed E-state index contributed by atoms with van der Waals surface area (Å²) in [5, 5.41) is 0. The van der Waals surface area contributed by atoms with Crippen molar-refractivity contribution < 1.29 is 9.59 Å². The van der Waals surface area contributed by atoms with Crippen LogP contribution >= 0.6 is 0 Å². The quantitative estimate of drug-likeness (QED) is 0.794. The molecule has 0 fully saturated rings. The van der Waals surface area contributed by atoms with Crippen molar-refractivity contribution in [1.29, 1.82) is 0 Å². The van der Waals surface area contributed by atoms with Crippen LogP contribution < -0.4 is 0 Å². The molecule has 0 saturated carbocycles. The van der Waals surface area contributed by atoms with E-state index in [1.54, 1.807) is 42.7 Å². The Labute approximate surface area is 115 Å². The van der Waals surface area contributed by atoms with Crippen LogP contribution in [0.3, 0.4) is 0 Å². The van der Waals surface area contributed by atoms with Gasteiger partial charge in [0.1, 0.15) is 6.33 Å². The van der Waals surface area contributed by atoms with Crippen molar-refractivity contribution in [2.24, 2.45) is 0 Å². The zero-order chi connectivity index (χ0) is 13.9. The summed E-state index contributed by atoms with van der Waals surface area (Å²) in [6.07, 6.45) is 8.67. The molecule has 1 aliphatic rings. The van der Waals surface area contributed by atoms with Gasteiger partial charge >= 0.3 is 0 Å². The molecule has 2 amide bonds. The maximum atomic E-state index is 12.1. The zero-order valence-corrected chi connectivity index (χ0v) is 10.6. The number of benzene rings is 1. The third-order valence-electron chi connectivity index (χ3n) is 3.05. The Morgan fingerprint density at radius 2 is 1.60 bits per heavy atom. The van der Waals surface area contributed by atoms with Crippen LogP contribution in [0.1, 0.15) is 26.3 Å². The molecule has 5 nitrogen and oxygen atoms in total. The van der Waals surface area contributed by atoms with Gasteiger partial charge in [0.05, 0.1) is 11.1 Å². The molecular formula is C15H11N3O2. The molecule has 0 unspecified atom stereocenters. The summed E-state index contributed by atoms with van der Waals surface area (Å²) in [7, 11) is 0. The molecule has 1 aromatic heterocycles. The number of carbonyl (C=O) groups excluding carboxylic acids is 2. The van der Waals surface area contributed by atoms with Crippen LogP contribution in [0.4, 0.5) is 0 Å². The molecule has 0 spiro atoms. The third-order valence-corrected chi connectivity index (χ3v) is 3.05. The molecule has 0 aliphatic carbocycles. The molecular weight excluding hydrogens is 254 g/mol. The lowest BCUT2D eigenvalue weighted by atomic mass is 10.1. The summed E-state index contributed by atoms with van der Waals surface area (Å²) >= 11 is 0. The number of imide groups is 1. The third kappa shape index (κ3) is 2.09. The van der Waals surface area contributed by atoms with E-state index in [2.05, 4.69) is 9.97 Å². The lowest BCUT2D eigenvalue weighted by Crippen LogP contribution is -2.23. The SMILES string of the molecule is O=C1c2ccccc2C(=O)N1C=CCc1cncnc1. The molecule has 0 saturated heterocycles. The van der Waals surface area contributed by atoms with Crippen molar-refractivity contribution in [2.75, 3.05) is 0 Å². The number of carbonyl (C=O) groups is 2. The van der Waals surface area contributed by atoms with E-state index >= 15 is 0 Å². The van der Waals surface area contributed by atoms with E-state index < -0.39 is 0 Å². The molecule has 3 rings (SSSR count). The minimum absolute atomic E-state index is 0.286. The molecule has 2 aromatic rings. The van der Waals surface area contributed by atoms with Gasteiger partial charge in [-0.3, -0.25) is 9.59 Å². The van der Waals surface area contributed by atoms with Crippen LogP contribution in [0, 0.1) is 0 Å². The molecule has 0 atom stereocenters. The smallest absolute Gasteiger partial charge is 0.265 e. The first-order valence-electron chi connectivity index (χ1n) is 6.15. The molecule has 2 heterocycles. The Kier molecular flexibility index (Phi) is 3.09. The van der Waals surface area contributed by atoms with E-state index in [4.69, 9.17) is 0 Å². The number of allylic oxidation sites excluding steroid dienone is 1. The lowest BCUT2D eigenvalue weighted by molar-refractivity contribution is 0.0721. The van der Waals surface area contributed by atoms with E-state index in [0.717, 1.165) is 10.5 Å². The van der Waals surface area contributed by atoms with Gasteiger partial charge in [-0.2, -0.15) is 0 Å². The predicted molar refractivity (Wildman–Crippen MR) is 71.8 cm³/mol. The number of hydrogen-bond acceptors (Lipinski definition) is 4. The molecule has 98 valence electrons. The summed E-state index contributed by atoms with van der Waals surface area (Å²) in [4.78, 5) is 33.1. The standard InChI is InChI=1S/C15H11N3O2/c19-14-12-5-1-2-6-13(12)15(20)18(14)7-3-4-11-8-16-10-17-9-11/h1-3,5-10H,4H2. The van der Waals surface area contributed by atoms with Gasteiger partial charge in [-0.1, -0.05) is 18.2 Å². The fourth-order valence-corrected chi connectivity index (χ4v) is 2.07. The number of aromatic nitrogens is 2. The van der Waals surface area contributed by atoms with Crippen molar-refractivity contribution >= 4 is 11.8 Å². The highest BCUT2D eigenvalue weighted by atomic mass is 16.2. The molecule has 1 aromatic carbocycles. The van der Waals surface area contributed by atoms with Crippen LogP contribution in [0.2, 0.25) is 0 Å². The van der Waals surface area contributed by atoms with Gasteiger partial charge in [-0.15, -0.1) is 0 Å². The van der Waals surface area contributed by atoms with Gasteiger partial charge in [0.15, 0.2) is 0 Å². The number of hydrogen-bond donors (Lipinski definition) is 0. The van der Waals surface area contributed by atoms with Crippen LogP contribution in [0.15, 0.2) is 55.3 Å². The van der Waals surface area contributed by atoms with Crippen molar-refractivity contribution in [3.8, 4) is 0 Å². The Morgan fingerprint density at radius 1 is 1.00 bits per heavy atom. The number of amides is 2. The molecule has 20 heavy (non-hydrogen) atoms. The van der Waals surface area contributed by atoms with E-state index in [1.165, 1.54) is 12.5 Å². The van der Waals surface area contributed by atoms with Crippen molar-refractivity contribution in [2.45, 2.75) is 6.42 Å². The van der Waals surface area contributed by atoms with Gasteiger partial charge < -0.3 is 0 Å². The zero-order valence-electron chi connectivity index (χ0n) is 10.6. The second-order valence-corrected chi connectivity index (χ2v) is 4.36.